The van der Waals surface area contributed by atoms with Gasteiger partial charge in [0.2, 0.25) is 5.78 Å². The number of thioether (sulfide) groups is 1. The number of hydrogen-bond acceptors (Lipinski definition) is 5. The van der Waals surface area contributed by atoms with E-state index in [1.165, 1.54) is 6.26 Å². The molecule has 3 aromatic rings. The number of nitrogens with zero attached hydrogens (tertiary/aromatic N) is 2. The number of carbonyl (C=O) groups excluding carboxylic acids is 2. The van der Waals surface area contributed by atoms with Crippen molar-refractivity contribution in [3.8, 4) is 11.1 Å². The third-order valence-corrected chi connectivity index (χ3v) is 5.37. The summed E-state index contributed by atoms with van der Waals surface area (Å²) in [5.41, 5.74) is 2.49. The minimum atomic E-state index is -0.864. The molecule has 5 nitrogen and oxygen atoms in total. The van der Waals surface area contributed by atoms with Gasteiger partial charge < -0.3 is 4.42 Å². The van der Waals surface area contributed by atoms with Crippen LogP contribution in [0.4, 0.5) is 0 Å². The standard InChI is InChI=1S/C21H13ClN2O3S/c22-16-8-6-14(7-9-16)15-11-17(27-12-15)19(25)21-24-23-20(26)18(28-21)10-13-4-2-1-3-5-13/h1-12,21H. The van der Waals surface area contributed by atoms with Gasteiger partial charge in [-0.05, 0) is 35.4 Å². The fourth-order valence-electron chi connectivity index (χ4n) is 2.63. The lowest BCUT2D eigenvalue weighted by Gasteiger charge is -2.13. The molecule has 0 N–H and O–H groups in total. The highest BCUT2D eigenvalue weighted by atomic mass is 35.5. The van der Waals surface area contributed by atoms with Crippen molar-refractivity contribution in [1.29, 1.82) is 0 Å². The lowest BCUT2D eigenvalue weighted by atomic mass is 10.1. The Morgan fingerprint density at radius 1 is 1.07 bits per heavy atom. The van der Waals surface area contributed by atoms with Gasteiger partial charge in [0.1, 0.15) is 0 Å². The van der Waals surface area contributed by atoms with Gasteiger partial charge in [-0.3, -0.25) is 9.59 Å². The first-order chi connectivity index (χ1) is 13.6. The van der Waals surface area contributed by atoms with Crippen LogP contribution in [0.2, 0.25) is 5.02 Å². The zero-order chi connectivity index (χ0) is 19.5. The molecule has 0 saturated carbocycles. The highest BCUT2D eigenvalue weighted by molar-refractivity contribution is 8.05. The number of halogens is 1. The van der Waals surface area contributed by atoms with Crippen LogP contribution in [0.1, 0.15) is 16.1 Å². The van der Waals surface area contributed by atoms with E-state index in [1.54, 1.807) is 24.3 Å². The van der Waals surface area contributed by atoms with Gasteiger partial charge in [0.05, 0.1) is 11.2 Å². The number of hydrogen-bond donors (Lipinski definition) is 0. The number of Topliss-reactive ketones (excluding diaryl/α,β-unsaturated/α-hetero) is 1. The molecule has 2 aromatic carbocycles. The Bertz CT molecular complexity index is 1090. The summed E-state index contributed by atoms with van der Waals surface area (Å²) in [7, 11) is 0. The van der Waals surface area contributed by atoms with E-state index in [-0.39, 0.29) is 11.5 Å². The van der Waals surface area contributed by atoms with Gasteiger partial charge in [-0.2, -0.15) is 5.11 Å². The summed E-state index contributed by atoms with van der Waals surface area (Å²) in [6.45, 7) is 0. The van der Waals surface area contributed by atoms with Gasteiger partial charge in [-0.25, -0.2) is 0 Å². The molecule has 138 valence electrons. The Balaban J connectivity index is 1.55. The summed E-state index contributed by atoms with van der Waals surface area (Å²) in [4.78, 5) is 25.2. The molecule has 2 heterocycles. The van der Waals surface area contributed by atoms with Gasteiger partial charge in [-0.1, -0.05) is 65.8 Å². The summed E-state index contributed by atoms with van der Waals surface area (Å²) in [6, 6.07) is 18.2. The summed E-state index contributed by atoms with van der Waals surface area (Å²) < 4.78 is 5.44. The minimum absolute atomic E-state index is 0.162. The number of amides is 1. The average Bonchev–Trinajstić information content (AvgIpc) is 3.21. The minimum Gasteiger partial charge on any atom is -0.460 e. The van der Waals surface area contributed by atoms with Crippen molar-refractivity contribution in [2.24, 2.45) is 10.2 Å². The van der Waals surface area contributed by atoms with Gasteiger partial charge in [0, 0.05) is 10.6 Å². The topological polar surface area (TPSA) is 72.0 Å². The number of benzene rings is 2. The van der Waals surface area contributed by atoms with E-state index in [1.807, 2.05) is 42.5 Å². The molecular weight excluding hydrogens is 396 g/mol. The summed E-state index contributed by atoms with van der Waals surface area (Å²) >= 11 is 6.97. The van der Waals surface area contributed by atoms with E-state index in [4.69, 9.17) is 16.0 Å². The number of rotatable bonds is 4. The van der Waals surface area contributed by atoms with Crippen LogP contribution in [0.15, 0.2) is 86.5 Å². The van der Waals surface area contributed by atoms with Crippen LogP contribution in [0.25, 0.3) is 17.2 Å². The molecule has 0 radical (unpaired) electrons. The second kappa shape index (κ2) is 7.96. The van der Waals surface area contributed by atoms with E-state index in [0.29, 0.717) is 9.93 Å². The molecule has 1 aromatic heterocycles. The fraction of sp³-hybridized carbons (Fsp3) is 0.0476. The zero-order valence-electron chi connectivity index (χ0n) is 14.4. The lowest BCUT2D eigenvalue weighted by Crippen LogP contribution is -2.19. The highest BCUT2D eigenvalue weighted by Gasteiger charge is 2.30. The van der Waals surface area contributed by atoms with Crippen molar-refractivity contribution in [2.45, 2.75) is 5.37 Å². The predicted octanol–water partition coefficient (Wildman–Crippen LogP) is 5.88. The van der Waals surface area contributed by atoms with Crippen LogP contribution < -0.4 is 0 Å². The molecule has 0 saturated heterocycles. The van der Waals surface area contributed by atoms with E-state index in [0.717, 1.165) is 28.5 Å². The van der Waals surface area contributed by atoms with Crippen LogP contribution in [-0.4, -0.2) is 17.1 Å². The molecular formula is C21H13ClN2O3S. The third kappa shape index (κ3) is 3.98. The molecule has 7 heteroatoms. The molecule has 0 bridgehead atoms. The average molecular weight is 409 g/mol. The predicted molar refractivity (Wildman–Crippen MR) is 109 cm³/mol. The summed E-state index contributed by atoms with van der Waals surface area (Å²) in [6.07, 6.45) is 3.21. The van der Waals surface area contributed by atoms with Crippen molar-refractivity contribution in [3.63, 3.8) is 0 Å². The summed E-state index contributed by atoms with van der Waals surface area (Å²) in [5, 5.41) is 7.24. The first-order valence-corrected chi connectivity index (χ1v) is 9.63. The molecule has 28 heavy (non-hydrogen) atoms. The number of furan rings is 1. The smallest absolute Gasteiger partial charge is 0.301 e. The Morgan fingerprint density at radius 2 is 1.82 bits per heavy atom. The maximum absolute atomic E-state index is 12.8. The van der Waals surface area contributed by atoms with Crippen molar-refractivity contribution < 1.29 is 14.0 Å². The summed E-state index contributed by atoms with van der Waals surface area (Å²) in [5.74, 6) is -0.644. The maximum Gasteiger partial charge on any atom is 0.301 e. The van der Waals surface area contributed by atoms with Crippen LogP contribution in [0.5, 0.6) is 0 Å². The maximum atomic E-state index is 12.8. The van der Waals surface area contributed by atoms with Crippen molar-refractivity contribution >= 4 is 41.1 Å². The third-order valence-electron chi connectivity index (χ3n) is 4.04. The molecule has 0 spiro atoms. The number of carbonyl (C=O) groups is 2. The van der Waals surface area contributed by atoms with Crippen LogP contribution in [-0.2, 0) is 4.79 Å². The molecule has 1 unspecified atom stereocenters. The number of azo groups is 1. The van der Waals surface area contributed by atoms with Gasteiger partial charge in [-0.15, -0.1) is 5.11 Å². The Morgan fingerprint density at radius 3 is 2.57 bits per heavy atom. The quantitative estimate of drug-likeness (QED) is 0.399. The molecule has 0 fully saturated rings. The molecule has 1 aliphatic heterocycles. The molecule has 4 rings (SSSR count). The monoisotopic (exact) mass is 408 g/mol. The van der Waals surface area contributed by atoms with E-state index in [9.17, 15) is 9.59 Å². The van der Waals surface area contributed by atoms with Gasteiger partial charge in [0.15, 0.2) is 11.1 Å². The van der Waals surface area contributed by atoms with Crippen LogP contribution in [0.3, 0.4) is 0 Å². The van der Waals surface area contributed by atoms with Gasteiger partial charge in [0.25, 0.3) is 0 Å². The van der Waals surface area contributed by atoms with E-state index >= 15 is 0 Å². The number of ketones is 1. The lowest BCUT2D eigenvalue weighted by molar-refractivity contribution is -0.114. The van der Waals surface area contributed by atoms with Crippen molar-refractivity contribution in [3.05, 3.63) is 88.2 Å². The van der Waals surface area contributed by atoms with E-state index in [2.05, 4.69) is 10.2 Å². The van der Waals surface area contributed by atoms with Crippen molar-refractivity contribution in [1.82, 2.24) is 0 Å². The zero-order valence-corrected chi connectivity index (χ0v) is 16.0. The molecule has 1 atom stereocenters. The Labute approximate surface area is 170 Å². The SMILES string of the molecule is O=C1N=NC(C(=O)c2cc(-c3ccc(Cl)cc3)co2)SC1=Cc1ccccc1. The Hall–Kier alpha value is -2.96. The fourth-order valence-corrected chi connectivity index (χ4v) is 3.66. The first-order valence-electron chi connectivity index (χ1n) is 8.37. The van der Waals surface area contributed by atoms with Crippen LogP contribution in [0, 0.1) is 0 Å². The highest BCUT2D eigenvalue weighted by Crippen LogP contribution is 2.33. The van der Waals surface area contributed by atoms with Crippen LogP contribution >= 0.6 is 23.4 Å². The second-order valence-electron chi connectivity index (χ2n) is 5.98. The van der Waals surface area contributed by atoms with Crippen molar-refractivity contribution in [2.75, 3.05) is 0 Å². The normalized spacial score (nSPS) is 17.8. The molecule has 1 aliphatic rings. The Kier molecular flexibility index (Phi) is 5.23. The first kappa shape index (κ1) is 18.4. The van der Waals surface area contributed by atoms with Gasteiger partial charge >= 0.3 is 5.91 Å². The van der Waals surface area contributed by atoms with E-state index < -0.39 is 11.3 Å². The molecule has 0 aliphatic carbocycles. The second-order valence-corrected chi connectivity index (χ2v) is 7.54. The largest absolute Gasteiger partial charge is 0.460 e. The molecule has 1 amide bonds.